The van der Waals surface area contributed by atoms with E-state index < -0.39 is 0 Å². The fraction of sp³-hybridized carbons (Fsp3) is 1.00. The topological polar surface area (TPSA) is 32.3 Å². The monoisotopic (exact) mass is 171 g/mol. The maximum absolute atomic E-state index is 8.99. The van der Waals surface area contributed by atoms with Crippen LogP contribution in [0.3, 0.4) is 0 Å². The number of hydrogen-bond donors (Lipinski definition) is 2. The van der Waals surface area contributed by atoms with Gasteiger partial charge in [-0.2, -0.15) is 0 Å². The van der Waals surface area contributed by atoms with Gasteiger partial charge in [0.05, 0.1) is 6.61 Å². The first-order valence-electron chi connectivity index (χ1n) is 5.13. The van der Waals surface area contributed by atoms with Gasteiger partial charge in [-0.1, -0.05) is 13.8 Å². The molecule has 0 aromatic rings. The van der Waals surface area contributed by atoms with Crippen molar-refractivity contribution in [1.29, 1.82) is 0 Å². The van der Waals surface area contributed by atoms with Crippen LogP contribution in [-0.4, -0.2) is 23.8 Å². The van der Waals surface area contributed by atoms with E-state index in [-0.39, 0.29) is 6.61 Å². The highest BCUT2D eigenvalue weighted by atomic mass is 16.3. The Balaban J connectivity index is 2.21. The van der Waals surface area contributed by atoms with Gasteiger partial charge in [-0.25, -0.2) is 0 Å². The highest BCUT2D eigenvalue weighted by Gasteiger charge is 2.22. The molecule has 72 valence electrons. The lowest BCUT2D eigenvalue weighted by Gasteiger charge is -2.19. The summed E-state index contributed by atoms with van der Waals surface area (Å²) < 4.78 is 0. The molecule has 0 saturated heterocycles. The fourth-order valence-corrected chi connectivity index (χ4v) is 1.99. The Morgan fingerprint density at radius 3 is 2.67 bits per heavy atom. The molecule has 1 rings (SSSR count). The largest absolute Gasteiger partial charge is 0.395 e. The maximum atomic E-state index is 8.99. The standard InChI is InChI=1S/C10H21NO/c1-3-9(7-12)11-10-5-4-8(2)6-10/h8-12H,3-7H2,1-2H3/t8-,9-,10+/m1/s1. The lowest BCUT2D eigenvalue weighted by Crippen LogP contribution is -2.38. The van der Waals surface area contributed by atoms with Crippen molar-refractivity contribution in [1.82, 2.24) is 5.32 Å². The van der Waals surface area contributed by atoms with Crippen molar-refractivity contribution in [3.63, 3.8) is 0 Å². The highest BCUT2D eigenvalue weighted by molar-refractivity contribution is 4.81. The minimum Gasteiger partial charge on any atom is -0.395 e. The molecule has 2 nitrogen and oxygen atoms in total. The van der Waals surface area contributed by atoms with Gasteiger partial charge >= 0.3 is 0 Å². The molecule has 1 aliphatic carbocycles. The third kappa shape index (κ3) is 2.76. The summed E-state index contributed by atoms with van der Waals surface area (Å²) in [4.78, 5) is 0. The molecule has 2 heteroatoms. The van der Waals surface area contributed by atoms with Crippen LogP contribution in [0.15, 0.2) is 0 Å². The Kier molecular flexibility index (Phi) is 4.02. The van der Waals surface area contributed by atoms with E-state index in [0.717, 1.165) is 12.3 Å². The van der Waals surface area contributed by atoms with Crippen LogP contribution in [-0.2, 0) is 0 Å². The zero-order chi connectivity index (χ0) is 8.97. The van der Waals surface area contributed by atoms with E-state index in [1.54, 1.807) is 0 Å². The zero-order valence-electron chi connectivity index (χ0n) is 8.21. The van der Waals surface area contributed by atoms with Crippen molar-refractivity contribution in [2.75, 3.05) is 6.61 Å². The molecule has 1 saturated carbocycles. The van der Waals surface area contributed by atoms with Crippen LogP contribution in [0.4, 0.5) is 0 Å². The second kappa shape index (κ2) is 4.83. The number of rotatable bonds is 4. The highest BCUT2D eigenvalue weighted by Crippen LogP contribution is 2.24. The van der Waals surface area contributed by atoms with E-state index in [9.17, 15) is 0 Å². The van der Waals surface area contributed by atoms with Crippen molar-refractivity contribution < 1.29 is 5.11 Å². The molecule has 0 spiro atoms. The summed E-state index contributed by atoms with van der Waals surface area (Å²) in [5, 5.41) is 12.5. The minimum atomic E-state index is 0.279. The molecule has 1 fully saturated rings. The summed E-state index contributed by atoms with van der Waals surface area (Å²) in [5.74, 6) is 0.874. The van der Waals surface area contributed by atoms with Gasteiger partial charge in [-0.15, -0.1) is 0 Å². The Morgan fingerprint density at radius 1 is 1.50 bits per heavy atom. The third-order valence-electron chi connectivity index (χ3n) is 2.88. The zero-order valence-corrected chi connectivity index (χ0v) is 8.21. The second-order valence-electron chi connectivity index (χ2n) is 4.07. The minimum absolute atomic E-state index is 0.279. The van der Waals surface area contributed by atoms with Gasteiger partial charge in [0.1, 0.15) is 0 Å². The molecule has 2 N–H and O–H groups in total. The summed E-state index contributed by atoms with van der Waals surface area (Å²) in [5.41, 5.74) is 0. The lowest BCUT2D eigenvalue weighted by atomic mass is 10.1. The number of aliphatic hydroxyl groups is 1. The van der Waals surface area contributed by atoms with Gasteiger partial charge in [-0.3, -0.25) is 0 Å². The molecule has 0 bridgehead atoms. The SMILES string of the molecule is CC[C@H](CO)N[C@H]1CC[C@@H](C)C1. The molecular formula is C10H21NO. The van der Waals surface area contributed by atoms with Gasteiger partial charge in [0, 0.05) is 12.1 Å². The van der Waals surface area contributed by atoms with Crippen molar-refractivity contribution in [2.45, 2.75) is 51.6 Å². The quantitative estimate of drug-likeness (QED) is 0.672. The third-order valence-corrected chi connectivity index (χ3v) is 2.88. The van der Waals surface area contributed by atoms with Crippen molar-refractivity contribution in [3.8, 4) is 0 Å². The molecule has 0 aromatic carbocycles. The predicted molar refractivity (Wildman–Crippen MR) is 51.1 cm³/mol. The van der Waals surface area contributed by atoms with E-state index >= 15 is 0 Å². The normalized spacial score (nSPS) is 32.2. The Bertz CT molecular complexity index is 123. The first kappa shape index (κ1) is 10.0. The van der Waals surface area contributed by atoms with Crippen LogP contribution in [0.25, 0.3) is 0 Å². The molecule has 1 aliphatic rings. The molecule has 0 amide bonds. The van der Waals surface area contributed by atoms with E-state index in [2.05, 4.69) is 19.2 Å². The average Bonchev–Trinajstić information content (AvgIpc) is 2.47. The number of nitrogens with one attached hydrogen (secondary N) is 1. The van der Waals surface area contributed by atoms with Gasteiger partial charge in [0.25, 0.3) is 0 Å². The van der Waals surface area contributed by atoms with Crippen LogP contribution in [0.2, 0.25) is 0 Å². The molecular weight excluding hydrogens is 150 g/mol. The maximum Gasteiger partial charge on any atom is 0.0584 e. The molecule has 0 aliphatic heterocycles. The van der Waals surface area contributed by atoms with Crippen LogP contribution < -0.4 is 5.32 Å². The van der Waals surface area contributed by atoms with Crippen LogP contribution in [0.5, 0.6) is 0 Å². The van der Waals surface area contributed by atoms with E-state index in [1.165, 1.54) is 19.3 Å². The van der Waals surface area contributed by atoms with E-state index in [4.69, 9.17) is 5.11 Å². The molecule has 3 atom stereocenters. The summed E-state index contributed by atoms with van der Waals surface area (Å²) in [6.07, 6.45) is 4.95. The van der Waals surface area contributed by atoms with Gasteiger partial charge < -0.3 is 10.4 Å². The Labute approximate surface area is 75.4 Å². The average molecular weight is 171 g/mol. The van der Waals surface area contributed by atoms with Gasteiger partial charge in [-0.05, 0) is 31.6 Å². The number of hydrogen-bond acceptors (Lipinski definition) is 2. The fourth-order valence-electron chi connectivity index (χ4n) is 1.99. The number of aliphatic hydroxyl groups excluding tert-OH is 1. The summed E-state index contributed by atoms with van der Waals surface area (Å²) >= 11 is 0. The summed E-state index contributed by atoms with van der Waals surface area (Å²) in [6.45, 7) is 4.70. The first-order chi connectivity index (χ1) is 5.76. The summed E-state index contributed by atoms with van der Waals surface area (Å²) in [7, 11) is 0. The van der Waals surface area contributed by atoms with Gasteiger partial charge in [0.2, 0.25) is 0 Å². The second-order valence-corrected chi connectivity index (χ2v) is 4.07. The Hall–Kier alpha value is -0.0800. The van der Waals surface area contributed by atoms with Crippen molar-refractivity contribution in [3.05, 3.63) is 0 Å². The first-order valence-corrected chi connectivity index (χ1v) is 5.13. The molecule has 0 radical (unpaired) electrons. The van der Waals surface area contributed by atoms with Crippen molar-refractivity contribution >= 4 is 0 Å². The van der Waals surface area contributed by atoms with Crippen LogP contribution in [0, 0.1) is 5.92 Å². The van der Waals surface area contributed by atoms with E-state index in [0.29, 0.717) is 12.1 Å². The molecule has 0 heterocycles. The Morgan fingerprint density at radius 2 is 2.25 bits per heavy atom. The molecule has 0 aromatic heterocycles. The van der Waals surface area contributed by atoms with Crippen molar-refractivity contribution in [2.24, 2.45) is 5.92 Å². The smallest absolute Gasteiger partial charge is 0.0584 e. The predicted octanol–water partition coefficient (Wildman–Crippen LogP) is 1.54. The molecule has 0 unspecified atom stereocenters. The summed E-state index contributed by atoms with van der Waals surface area (Å²) in [6, 6.07) is 0.984. The van der Waals surface area contributed by atoms with Gasteiger partial charge in [0.15, 0.2) is 0 Å². The van der Waals surface area contributed by atoms with Crippen LogP contribution in [0.1, 0.15) is 39.5 Å². The lowest BCUT2D eigenvalue weighted by molar-refractivity contribution is 0.227. The van der Waals surface area contributed by atoms with Crippen LogP contribution >= 0.6 is 0 Å². The molecule has 12 heavy (non-hydrogen) atoms. The van der Waals surface area contributed by atoms with E-state index in [1.807, 2.05) is 0 Å².